The minimum Gasteiger partial charge on any atom is -0.455 e. The van der Waals surface area contributed by atoms with Crippen molar-refractivity contribution >= 4 is 49.8 Å². The molecule has 0 atom stereocenters. The van der Waals surface area contributed by atoms with Crippen LogP contribution in [0.2, 0.25) is 0 Å². The van der Waals surface area contributed by atoms with Gasteiger partial charge in [-0.1, -0.05) is 153 Å². The van der Waals surface area contributed by atoms with Crippen molar-refractivity contribution in [3.05, 3.63) is 187 Å². The molecular weight excluding hydrogens is 619 g/mol. The summed E-state index contributed by atoms with van der Waals surface area (Å²) in [4.78, 5) is 2.42. The predicted molar refractivity (Wildman–Crippen MR) is 214 cm³/mol. The zero-order valence-electron chi connectivity index (χ0n) is 28.6. The maximum absolute atomic E-state index is 6.95. The van der Waals surface area contributed by atoms with Gasteiger partial charge in [-0.25, -0.2) is 0 Å². The third-order valence-corrected chi connectivity index (χ3v) is 10.8. The van der Waals surface area contributed by atoms with Gasteiger partial charge < -0.3 is 9.32 Å². The van der Waals surface area contributed by atoms with Crippen LogP contribution in [0.25, 0.3) is 66.1 Å². The van der Waals surface area contributed by atoms with Gasteiger partial charge in [0.25, 0.3) is 0 Å². The van der Waals surface area contributed by atoms with Gasteiger partial charge >= 0.3 is 0 Å². The molecule has 242 valence electrons. The highest BCUT2D eigenvalue weighted by Gasteiger charge is 2.36. The molecule has 0 fully saturated rings. The van der Waals surface area contributed by atoms with E-state index in [1.807, 2.05) is 0 Å². The summed E-state index contributed by atoms with van der Waals surface area (Å²) in [6.45, 7) is 4.70. The lowest BCUT2D eigenvalue weighted by Crippen LogP contribution is -2.16. The van der Waals surface area contributed by atoms with Crippen LogP contribution < -0.4 is 4.90 Å². The van der Waals surface area contributed by atoms with E-state index >= 15 is 0 Å². The van der Waals surface area contributed by atoms with Crippen molar-refractivity contribution in [2.75, 3.05) is 4.90 Å². The molecule has 51 heavy (non-hydrogen) atoms. The molecule has 0 amide bonds. The fourth-order valence-electron chi connectivity index (χ4n) is 8.35. The molecule has 2 nitrogen and oxygen atoms in total. The van der Waals surface area contributed by atoms with Gasteiger partial charge in [-0.3, -0.25) is 0 Å². The summed E-state index contributed by atoms with van der Waals surface area (Å²) in [7, 11) is 0. The van der Waals surface area contributed by atoms with E-state index in [9.17, 15) is 0 Å². The minimum absolute atomic E-state index is 0.106. The molecule has 0 radical (unpaired) electrons. The summed E-state index contributed by atoms with van der Waals surface area (Å²) >= 11 is 0. The second kappa shape index (κ2) is 11.3. The van der Waals surface area contributed by atoms with E-state index in [-0.39, 0.29) is 5.41 Å². The van der Waals surface area contributed by atoms with Crippen molar-refractivity contribution < 1.29 is 4.42 Å². The van der Waals surface area contributed by atoms with E-state index in [2.05, 4.69) is 195 Å². The molecule has 0 bridgehead atoms. The van der Waals surface area contributed by atoms with E-state index in [4.69, 9.17) is 4.42 Å². The Morgan fingerprint density at radius 2 is 1.00 bits per heavy atom. The Labute approximate surface area is 297 Å². The molecule has 0 aliphatic heterocycles. The smallest absolute Gasteiger partial charge is 0.143 e. The Morgan fingerprint density at radius 3 is 1.84 bits per heavy atom. The summed E-state index contributed by atoms with van der Waals surface area (Å²) in [5.74, 6) is 0. The van der Waals surface area contributed by atoms with Crippen LogP contribution in [0.15, 0.2) is 180 Å². The highest BCUT2D eigenvalue weighted by atomic mass is 16.3. The van der Waals surface area contributed by atoms with E-state index in [0.717, 1.165) is 60.9 Å². The third kappa shape index (κ3) is 4.57. The molecule has 0 N–H and O–H groups in total. The lowest BCUT2D eigenvalue weighted by Gasteiger charge is -2.29. The van der Waals surface area contributed by atoms with Crippen molar-refractivity contribution in [2.24, 2.45) is 0 Å². The van der Waals surface area contributed by atoms with E-state index in [0.29, 0.717) is 0 Å². The normalized spacial score (nSPS) is 13.1. The molecule has 9 aromatic rings. The van der Waals surface area contributed by atoms with Gasteiger partial charge in [-0.15, -0.1) is 0 Å². The minimum atomic E-state index is -0.106. The van der Waals surface area contributed by atoms with E-state index in [1.165, 1.54) is 33.4 Å². The Morgan fingerprint density at radius 1 is 0.392 bits per heavy atom. The highest BCUT2D eigenvalue weighted by Crippen LogP contribution is 2.52. The first-order chi connectivity index (χ1) is 25.1. The molecule has 10 rings (SSSR count). The number of para-hydroxylation sites is 2. The predicted octanol–water partition coefficient (Wildman–Crippen LogP) is 13.8. The Bertz CT molecular complexity index is 2770. The van der Waals surface area contributed by atoms with Gasteiger partial charge in [0.05, 0.1) is 5.69 Å². The van der Waals surface area contributed by atoms with Crippen LogP contribution in [0.4, 0.5) is 17.1 Å². The quantitative estimate of drug-likeness (QED) is 0.184. The number of hydrogen-bond donors (Lipinski definition) is 0. The first kappa shape index (κ1) is 29.5. The standard InChI is InChI=1S/C49H35NO/c1-49(2)44-26-12-11-21-38(44)39-28-27-36(30-45(39)49)50(35-19-7-4-8-20-35)46-31-43-42-25-14-24-37(47(42)51-48(43)41-23-10-9-22-40(41)46)34-18-13-17-33(29-34)32-15-5-3-6-16-32/h3-31H,1-2H3. The van der Waals surface area contributed by atoms with Gasteiger partial charge in [0, 0.05) is 43.9 Å². The summed E-state index contributed by atoms with van der Waals surface area (Å²) in [6.07, 6.45) is 0. The van der Waals surface area contributed by atoms with Crippen molar-refractivity contribution in [3.63, 3.8) is 0 Å². The van der Waals surface area contributed by atoms with Crippen LogP contribution in [0, 0.1) is 0 Å². The first-order valence-electron chi connectivity index (χ1n) is 17.7. The fraction of sp³-hybridized carbons (Fsp3) is 0.0612. The van der Waals surface area contributed by atoms with Gasteiger partial charge in [-0.05, 0) is 75.3 Å². The summed E-state index contributed by atoms with van der Waals surface area (Å²) in [5.41, 5.74) is 15.1. The largest absolute Gasteiger partial charge is 0.455 e. The van der Waals surface area contributed by atoms with Gasteiger partial charge in [-0.2, -0.15) is 0 Å². The second-order valence-electron chi connectivity index (χ2n) is 14.1. The summed E-state index contributed by atoms with van der Waals surface area (Å²) < 4.78 is 6.95. The second-order valence-corrected chi connectivity index (χ2v) is 14.1. The van der Waals surface area contributed by atoms with Gasteiger partial charge in [0.1, 0.15) is 11.2 Å². The fourth-order valence-corrected chi connectivity index (χ4v) is 8.35. The van der Waals surface area contributed by atoms with Crippen LogP contribution in [-0.2, 0) is 5.41 Å². The topological polar surface area (TPSA) is 16.4 Å². The molecule has 1 aromatic heterocycles. The Kier molecular flexibility index (Phi) is 6.56. The van der Waals surface area contributed by atoms with Crippen LogP contribution in [0.1, 0.15) is 25.0 Å². The Balaban J connectivity index is 1.20. The number of anilines is 3. The average molecular weight is 654 g/mol. The zero-order chi connectivity index (χ0) is 34.1. The molecule has 2 heteroatoms. The zero-order valence-corrected chi connectivity index (χ0v) is 28.6. The maximum atomic E-state index is 6.95. The van der Waals surface area contributed by atoms with Crippen LogP contribution >= 0.6 is 0 Å². The molecule has 0 unspecified atom stereocenters. The van der Waals surface area contributed by atoms with Crippen molar-refractivity contribution in [2.45, 2.75) is 19.3 Å². The van der Waals surface area contributed by atoms with Gasteiger partial charge in [0.2, 0.25) is 0 Å². The number of rotatable bonds is 5. The van der Waals surface area contributed by atoms with Crippen molar-refractivity contribution in [3.8, 4) is 33.4 Å². The number of fused-ring (bicyclic) bond motifs is 8. The molecule has 0 saturated heterocycles. The van der Waals surface area contributed by atoms with E-state index in [1.54, 1.807) is 0 Å². The molecule has 1 heterocycles. The molecule has 1 aliphatic rings. The number of benzene rings is 8. The SMILES string of the molecule is CC1(C)c2ccccc2-c2ccc(N(c3ccccc3)c3cc4c5cccc(-c6cccc(-c7ccccc7)c6)c5oc4c4ccccc34)cc21. The lowest BCUT2D eigenvalue weighted by atomic mass is 9.82. The third-order valence-electron chi connectivity index (χ3n) is 10.8. The molecule has 0 saturated carbocycles. The average Bonchev–Trinajstić information content (AvgIpc) is 3.68. The van der Waals surface area contributed by atoms with E-state index < -0.39 is 0 Å². The number of furan rings is 1. The maximum Gasteiger partial charge on any atom is 0.143 e. The highest BCUT2D eigenvalue weighted by molar-refractivity contribution is 6.21. The van der Waals surface area contributed by atoms with Crippen LogP contribution in [0.3, 0.4) is 0 Å². The molecule has 1 aliphatic carbocycles. The lowest BCUT2D eigenvalue weighted by molar-refractivity contribution is 0.660. The monoisotopic (exact) mass is 653 g/mol. The van der Waals surface area contributed by atoms with Crippen LogP contribution in [-0.4, -0.2) is 0 Å². The summed E-state index contributed by atoms with van der Waals surface area (Å²) in [5, 5.41) is 4.45. The van der Waals surface area contributed by atoms with Gasteiger partial charge in [0.15, 0.2) is 0 Å². The molecule has 0 spiro atoms. The molecule has 8 aromatic carbocycles. The summed E-state index contributed by atoms with van der Waals surface area (Å²) in [6, 6.07) is 63.5. The van der Waals surface area contributed by atoms with Crippen molar-refractivity contribution in [1.82, 2.24) is 0 Å². The Hall–Kier alpha value is -6.38. The van der Waals surface area contributed by atoms with Crippen LogP contribution in [0.5, 0.6) is 0 Å². The number of hydrogen-bond acceptors (Lipinski definition) is 2. The number of nitrogens with zero attached hydrogens (tertiary/aromatic N) is 1. The molecular formula is C49H35NO. The van der Waals surface area contributed by atoms with Crippen molar-refractivity contribution in [1.29, 1.82) is 0 Å². The first-order valence-corrected chi connectivity index (χ1v) is 17.7.